The van der Waals surface area contributed by atoms with E-state index >= 15 is 0 Å². The van der Waals surface area contributed by atoms with Gasteiger partial charge in [-0.3, -0.25) is 9.52 Å². The Morgan fingerprint density at radius 2 is 1.79 bits per heavy atom. The number of nitrogens with one attached hydrogen (secondary N) is 3. The van der Waals surface area contributed by atoms with Crippen molar-refractivity contribution in [2.75, 3.05) is 22.8 Å². The Labute approximate surface area is 193 Å². The number of nitrogens with zero attached hydrogens (tertiary/aromatic N) is 1. The van der Waals surface area contributed by atoms with E-state index in [0.717, 1.165) is 30.5 Å². The van der Waals surface area contributed by atoms with Gasteiger partial charge in [0.2, 0.25) is 15.9 Å². The SMILES string of the molecule is CCCNc1nc(C(F)(F)F)ccc1/C=C\C(=O)NC(C)c1cc(F)c(NS(C)(=O)=O)c(F)c1. The van der Waals surface area contributed by atoms with Gasteiger partial charge in [0, 0.05) is 18.2 Å². The van der Waals surface area contributed by atoms with Crippen LogP contribution in [0.25, 0.3) is 6.08 Å². The van der Waals surface area contributed by atoms with E-state index in [-0.39, 0.29) is 16.9 Å². The van der Waals surface area contributed by atoms with Crippen LogP contribution in [0.1, 0.15) is 43.1 Å². The van der Waals surface area contributed by atoms with Crippen LogP contribution in [0.3, 0.4) is 0 Å². The molecule has 3 N–H and O–H groups in total. The normalized spacial score (nSPS) is 13.1. The molecule has 1 atom stereocenters. The van der Waals surface area contributed by atoms with Crippen molar-refractivity contribution in [1.29, 1.82) is 0 Å². The first kappa shape index (κ1) is 27.0. The van der Waals surface area contributed by atoms with Gasteiger partial charge in [-0.1, -0.05) is 6.92 Å². The molecule has 1 heterocycles. The molecule has 1 aromatic carbocycles. The number of rotatable bonds is 9. The molecule has 0 aliphatic carbocycles. The number of pyridine rings is 1. The average Bonchev–Trinajstić information content (AvgIpc) is 2.72. The molecule has 0 spiro atoms. The standard InChI is InChI=1S/C21H23F5N4O3S/c1-4-9-27-20-13(5-7-17(29-20)21(24,25)26)6-8-18(31)28-12(2)14-10-15(22)19(16(23)11-14)30-34(3,32)33/h5-8,10-12,30H,4,9H2,1-3H3,(H,27,29)(H,28,31)/b8-6-. The van der Waals surface area contributed by atoms with E-state index in [1.807, 2.05) is 6.92 Å². The summed E-state index contributed by atoms with van der Waals surface area (Å²) >= 11 is 0. The van der Waals surface area contributed by atoms with E-state index in [1.54, 1.807) is 4.72 Å². The number of aromatic nitrogens is 1. The van der Waals surface area contributed by atoms with E-state index in [9.17, 15) is 35.2 Å². The molecule has 0 aliphatic rings. The lowest BCUT2D eigenvalue weighted by atomic mass is 10.1. The predicted octanol–water partition coefficient (Wildman–Crippen LogP) is 4.46. The van der Waals surface area contributed by atoms with Gasteiger partial charge in [-0.05, 0) is 49.2 Å². The third-order valence-electron chi connectivity index (χ3n) is 4.38. The number of sulfonamides is 1. The van der Waals surface area contributed by atoms with Crippen LogP contribution in [0.4, 0.5) is 33.5 Å². The number of anilines is 2. The Morgan fingerprint density at radius 1 is 1.18 bits per heavy atom. The topological polar surface area (TPSA) is 100 Å². The van der Waals surface area contributed by atoms with Gasteiger partial charge in [0.1, 0.15) is 17.2 Å². The predicted molar refractivity (Wildman–Crippen MR) is 118 cm³/mol. The number of carbonyl (C=O) groups excluding carboxylic acids is 1. The molecule has 0 aliphatic heterocycles. The Morgan fingerprint density at radius 3 is 2.32 bits per heavy atom. The smallest absolute Gasteiger partial charge is 0.370 e. The molecule has 2 aromatic rings. The highest BCUT2D eigenvalue weighted by atomic mass is 32.2. The molecule has 0 saturated heterocycles. The van der Waals surface area contributed by atoms with Crippen molar-refractivity contribution < 1.29 is 35.2 Å². The van der Waals surface area contributed by atoms with Gasteiger partial charge in [0.25, 0.3) is 0 Å². The summed E-state index contributed by atoms with van der Waals surface area (Å²) in [6.07, 6.45) is -0.957. The second kappa shape index (κ2) is 10.8. The van der Waals surface area contributed by atoms with Crippen molar-refractivity contribution in [3.8, 4) is 0 Å². The van der Waals surface area contributed by atoms with Crippen LogP contribution < -0.4 is 15.4 Å². The summed E-state index contributed by atoms with van der Waals surface area (Å²) in [6, 6.07) is 2.82. The fourth-order valence-electron chi connectivity index (χ4n) is 2.78. The van der Waals surface area contributed by atoms with Gasteiger partial charge in [-0.25, -0.2) is 22.2 Å². The van der Waals surface area contributed by atoms with Gasteiger partial charge < -0.3 is 10.6 Å². The summed E-state index contributed by atoms with van der Waals surface area (Å²) in [6.45, 7) is 3.62. The summed E-state index contributed by atoms with van der Waals surface area (Å²) in [7, 11) is -3.91. The Kier molecular flexibility index (Phi) is 8.59. The second-order valence-electron chi connectivity index (χ2n) is 7.36. The minimum Gasteiger partial charge on any atom is -0.370 e. The van der Waals surface area contributed by atoms with E-state index in [2.05, 4.69) is 15.6 Å². The van der Waals surface area contributed by atoms with Gasteiger partial charge in [-0.15, -0.1) is 0 Å². The monoisotopic (exact) mass is 506 g/mol. The third kappa shape index (κ3) is 7.68. The van der Waals surface area contributed by atoms with Crippen LogP contribution in [0.5, 0.6) is 0 Å². The zero-order valence-corrected chi connectivity index (χ0v) is 19.2. The lowest BCUT2D eigenvalue weighted by Crippen LogP contribution is -2.25. The molecule has 34 heavy (non-hydrogen) atoms. The average molecular weight is 506 g/mol. The molecule has 7 nitrogen and oxygen atoms in total. The third-order valence-corrected chi connectivity index (χ3v) is 4.96. The molecule has 2 rings (SSSR count). The number of benzene rings is 1. The first-order valence-corrected chi connectivity index (χ1v) is 11.9. The molecule has 0 bridgehead atoms. The van der Waals surface area contributed by atoms with Crippen molar-refractivity contribution in [3.05, 3.63) is 58.8 Å². The number of halogens is 5. The summed E-state index contributed by atoms with van der Waals surface area (Å²) < 4.78 is 91.4. The summed E-state index contributed by atoms with van der Waals surface area (Å²) in [5.74, 6) is -3.07. The molecule has 1 unspecified atom stereocenters. The Hall–Kier alpha value is -3.22. The van der Waals surface area contributed by atoms with Crippen molar-refractivity contribution in [2.45, 2.75) is 32.5 Å². The van der Waals surface area contributed by atoms with Gasteiger partial charge in [0.15, 0.2) is 11.6 Å². The van der Waals surface area contributed by atoms with Crippen LogP contribution in [-0.2, 0) is 21.0 Å². The lowest BCUT2D eigenvalue weighted by Gasteiger charge is -2.15. The number of hydrogen-bond donors (Lipinski definition) is 3. The highest BCUT2D eigenvalue weighted by molar-refractivity contribution is 7.92. The van der Waals surface area contributed by atoms with Gasteiger partial charge in [-0.2, -0.15) is 13.2 Å². The highest BCUT2D eigenvalue weighted by Gasteiger charge is 2.33. The number of alkyl halides is 3. The van der Waals surface area contributed by atoms with Crippen molar-refractivity contribution in [1.82, 2.24) is 10.3 Å². The summed E-state index contributed by atoms with van der Waals surface area (Å²) in [4.78, 5) is 15.8. The minimum absolute atomic E-state index is 0.0253. The summed E-state index contributed by atoms with van der Waals surface area (Å²) in [5, 5.41) is 5.24. The minimum atomic E-state index is -4.63. The molecular formula is C21H23F5N4O3S. The molecule has 1 aromatic heterocycles. The van der Waals surface area contributed by atoms with Crippen LogP contribution in [-0.4, -0.2) is 32.1 Å². The van der Waals surface area contributed by atoms with Crippen LogP contribution in [0.2, 0.25) is 0 Å². The number of hydrogen-bond acceptors (Lipinski definition) is 5. The van der Waals surface area contributed by atoms with E-state index in [1.165, 1.54) is 19.1 Å². The lowest BCUT2D eigenvalue weighted by molar-refractivity contribution is -0.141. The molecule has 13 heteroatoms. The van der Waals surface area contributed by atoms with Crippen molar-refractivity contribution in [2.24, 2.45) is 0 Å². The van der Waals surface area contributed by atoms with Crippen LogP contribution >= 0.6 is 0 Å². The number of carbonyl (C=O) groups is 1. The molecule has 0 fully saturated rings. The first-order valence-electron chi connectivity index (χ1n) is 9.98. The van der Waals surface area contributed by atoms with Crippen molar-refractivity contribution in [3.63, 3.8) is 0 Å². The summed E-state index contributed by atoms with van der Waals surface area (Å²) in [5.41, 5.74) is -1.67. The maximum atomic E-state index is 14.2. The fraction of sp³-hybridized carbons (Fsp3) is 0.333. The quantitative estimate of drug-likeness (QED) is 0.345. The maximum absolute atomic E-state index is 14.2. The highest BCUT2D eigenvalue weighted by Crippen LogP contribution is 2.30. The molecule has 0 saturated carbocycles. The molecule has 0 radical (unpaired) electrons. The molecule has 186 valence electrons. The van der Waals surface area contributed by atoms with Crippen LogP contribution in [0.15, 0.2) is 30.3 Å². The van der Waals surface area contributed by atoms with E-state index in [4.69, 9.17) is 0 Å². The van der Waals surface area contributed by atoms with E-state index in [0.29, 0.717) is 13.0 Å². The molecule has 1 amide bonds. The maximum Gasteiger partial charge on any atom is 0.433 e. The largest absolute Gasteiger partial charge is 0.433 e. The first-order chi connectivity index (χ1) is 15.7. The Balaban J connectivity index is 2.18. The van der Waals surface area contributed by atoms with Gasteiger partial charge in [0.05, 0.1) is 12.3 Å². The Bertz CT molecular complexity index is 1160. The number of amides is 1. The van der Waals surface area contributed by atoms with Crippen molar-refractivity contribution >= 4 is 33.5 Å². The van der Waals surface area contributed by atoms with Gasteiger partial charge >= 0.3 is 6.18 Å². The fourth-order valence-corrected chi connectivity index (χ4v) is 3.35. The van der Waals surface area contributed by atoms with Crippen LogP contribution in [0, 0.1) is 11.6 Å². The second-order valence-corrected chi connectivity index (χ2v) is 9.10. The zero-order chi connectivity index (χ0) is 25.7. The van der Waals surface area contributed by atoms with E-state index < -0.39 is 51.2 Å². The zero-order valence-electron chi connectivity index (χ0n) is 18.4. The molecular weight excluding hydrogens is 483 g/mol.